The summed E-state index contributed by atoms with van der Waals surface area (Å²) < 4.78 is 10.7. The van der Waals surface area contributed by atoms with Gasteiger partial charge in [0.05, 0.1) is 12.7 Å². The molecular formula is C9H16O2. The molecular weight excluding hydrogens is 140 g/mol. The van der Waals surface area contributed by atoms with E-state index in [1.165, 1.54) is 6.42 Å². The number of allylic oxidation sites excluding steroid dienone is 1. The zero-order valence-electron chi connectivity index (χ0n) is 7.25. The lowest BCUT2D eigenvalue weighted by Gasteiger charge is -2.02. The van der Waals surface area contributed by atoms with E-state index in [0.29, 0.717) is 0 Å². The lowest BCUT2D eigenvalue weighted by Crippen LogP contribution is -2.05. The summed E-state index contributed by atoms with van der Waals surface area (Å²) in [6.07, 6.45) is 6.56. The molecule has 64 valence electrons. The first-order valence-electron chi connectivity index (χ1n) is 4.26. The molecule has 2 heteroatoms. The summed E-state index contributed by atoms with van der Waals surface area (Å²) in [5.74, 6) is 0. The molecule has 1 heterocycles. The van der Waals surface area contributed by atoms with Gasteiger partial charge in [0.25, 0.3) is 0 Å². The van der Waals surface area contributed by atoms with Crippen molar-refractivity contribution < 1.29 is 9.47 Å². The first-order valence-corrected chi connectivity index (χ1v) is 4.26. The van der Waals surface area contributed by atoms with E-state index in [1.807, 2.05) is 13.0 Å². The van der Waals surface area contributed by atoms with Crippen LogP contribution in [0.5, 0.6) is 0 Å². The van der Waals surface area contributed by atoms with Gasteiger partial charge in [0, 0.05) is 0 Å². The van der Waals surface area contributed by atoms with Crippen molar-refractivity contribution in [3.05, 3.63) is 12.2 Å². The third-order valence-corrected chi connectivity index (χ3v) is 1.61. The number of unbranched alkanes of at least 4 members (excludes halogenated alkanes) is 1. The number of hydrogen-bond acceptors (Lipinski definition) is 2. The third-order valence-electron chi connectivity index (χ3n) is 1.61. The molecule has 0 aromatic rings. The maximum absolute atomic E-state index is 5.40. The quantitative estimate of drug-likeness (QED) is 0.582. The Morgan fingerprint density at radius 2 is 2.36 bits per heavy atom. The summed E-state index contributed by atoms with van der Waals surface area (Å²) in [5, 5.41) is 0. The lowest BCUT2D eigenvalue weighted by molar-refractivity contribution is -0.0162. The van der Waals surface area contributed by atoms with E-state index in [-0.39, 0.29) is 12.4 Å². The van der Waals surface area contributed by atoms with Gasteiger partial charge in [-0.25, -0.2) is 0 Å². The molecule has 11 heavy (non-hydrogen) atoms. The molecule has 0 aromatic carbocycles. The molecule has 1 fully saturated rings. The number of ether oxygens (including phenoxy) is 2. The molecule has 2 atom stereocenters. The van der Waals surface area contributed by atoms with Crippen LogP contribution in [0.3, 0.4) is 0 Å². The molecule has 1 rings (SSSR count). The highest BCUT2D eigenvalue weighted by atomic mass is 16.7. The van der Waals surface area contributed by atoms with Gasteiger partial charge < -0.3 is 9.47 Å². The Bertz CT molecular complexity index is 132. The standard InChI is InChI=1S/C9H16O2/c1-3-4-5-6-9-10-7-8(2)11-9/h5-6,8-9H,3-4,7H2,1-2H3/b6-5+/t8-,9+/m0/s1. The number of rotatable bonds is 3. The van der Waals surface area contributed by atoms with Gasteiger partial charge in [-0.1, -0.05) is 19.4 Å². The van der Waals surface area contributed by atoms with E-state index in [9.17, 15) is 0 Å². The van der Waals surface area contributed by atoms with Crippen LogP contribution in [-0.2, 0) is 9.47 Å². The fourth-order valence-electron chi connectivity index (χ4n) is 1.01. The Kier molecular flexibility index (Phi) is 3.60. The van der Waals surface area contributed by atoms with Crippen molar-refractivity contribution in [3.63, 3.8) is 0 Å². The van der Waals surface area contributed by atoms with Gasteiger partial charge >= 0.3 is 0 Å². The van der Waals surface area contributed by atoms with Crippen LogP contribution in [0.15, 0.2) is 12.2 Å². The summed E-state index contributed by atoms with van der Waals surface area (Å²) in [5.41, 5.74) is 0. The molecule has 0 bridgehead atoms. The van der Waals surface area contributed by atoms with Crippen LogP contribution in [0.1, 0.15) is 26.7 Å². The highest BCUT2D eigenvalue weighted by molar-refractivity contribution is 4.87. The van der Waals surface area contributed by atoms with E-state index in [4.69, 9.17) is 9.47 Å². The Morgan fingerprint density at radius 1 is 1.55 bits per heavy atom. The monoisotopic (exact) mass is 156 g/mol. The van der Waals surface area contributed by atoms with Gasteiger partial charge in [0.15, 0.2) is 6.29 Å². The van der Waals surface area contributed by atoms with E-state index in [2.05, 4.69) is 13.0 Å². The lowest BCUT2D eigenvalue weighted by atomic mass is 10.3. The SMILES string of the molecule is CCC/C=C/[C@@H]1OC[C@H](C)O1. The topological polar surface area (TPSA) is 18.5 Å². The van der Waals surface area contributed by atoms with Crippen LogP contribution in [0, 0.1) is 0 Å². The van der Waals surface area contributed by atoms with Gasteiger partial charge in [-0.3, -0.25) is 0 Å². The highest BCUT2D eigenvalue weighted by Crippen LogP contribution is 2.11. The number of hydrogen-bond donors (Lipinski definition) is 0. The molecule has 0 unspecified atom stereocenters. The fraction of sp³-hybridized carbons (Fsp3) is 0.778. The van der Waals surface area contributed by atoms with Crippen LogP contribution >= 0.6 is 0 Å². The van der Waals surface area contributed by atoms with Crippen molar-refractivity contribution in [2.75, 3.05) is 6.61 Å². The molecule has 1 aliphatic rings. The van der Waals surface area contributed by atoms with Crippen molar-refractivity contribution in [1.82, 2.24) is 0 Å². The molecule has 0 saturated carbocycles. The van der Waals surface area contributed by atoms with Gasteiger partial charge in [0.1, 0.15) is 0 Å². The Hall–Kier alpha value is -0.340. The molecule has 0 N–H and O–H groups in total. The van der Waals surface area contributed by atoms with Gasteiger partial charge in [-0.2, -0.15) is 0 Å². The van der Waals surface area contributed by atoms with Crippen molar-refractivity contribution >= 4 is 0 Å². The molecule has 0 radical (unpaired) electrons. The summed E-state index contributed by atoms with van der Waals surface area (Å²) in [7, 11) is 0. The van der Waals surface area contributed by atoms with Crippen molar-refractivity contribution in [1.29, 1.82) is 0 Å². The predicted molar refractivity (Wildman–Crippen MR) is 44.3 cm³/mol. The molecule has 2 nitrogen and oxygen atoms in total. The second kappa shape index (κ2) is 4.52. The average molecular weight is 156 g/mol. The second-order valence-corrected chi connectivity index (χ2v) is 2.87. The maximum Gasteiger partial charge on any atom is 0.177 e. The average Bonchev–Trinajstić information content (AvgIpc) is 2.37. The Morgan fingerprint density at radius 3 is 2.91 bits per heavy atom. The van der Waals surface area contributed by atoms with E-state index in [0.717, 1.165) is 13.0 Å². The third kappa shape index (κ3) is 3.04. The highest BCUT2D eigenvalue weighted by Gasteiger charge is 2.18. The van der Waals surface area contributed by atoms with Gasteiger partial charge in [-0.15, -0.1) is 0 Å². The largest absolute Gasteiger partial charge is 0.346 e. The van der Waals surface area contributed by atoms with Crippen LogP contribution in [0.2, 0.25) is 0 Å². The first kappa shape index (κ1) is 8.75. The minimum absolute atomic E-state index is 0.0865. The van der Waals surface area contributed by atoms with E-state index in [1.54, 1.807) is 0 Å². The summed E-state index contributed by atoms with van der Waals surface area (Å²) in [6, 6.07) is 0. The van der Waals surface area contributed by atoms with Crippen molar-refractivity contribution in [3.8, 4) is 0 Å². The normalized spacial score (nSPS) is 31.8. The van der Waals surface area contributed by atoms with Crippen LogP contribution in [-0.4, -0.2) is 19.0 Å². The Labute approximate surface area is 68.2 Å². The Balaban J connectivity index is 2.17. The zero-order chi connectivity index (χ0) is 8.10. The van der Waals surface area contributed by atoms with Crippen molar-refractivity contribution in [2.24, 2.45) is 0 Å². The van der Waals surface area contributed by atoms with Gasteiger partial charge in [0.2, 0.25) is 0 Å². The van der Waals surface area contributed by atoms with Gasteiger partial charge in [-0.05, 0) is 19.4 Å². The van der Waals surface area contributed by atoms with E-state index < -0.39 is 0 Å². The molecule has 0 spiro atoms. The fourth-order valence-corrected chi connectivity index (χ4v) is 1.01. The minimum atomic E-state index is -0.0865. The summed E-state index contributed by atoms with van der Waals surface area (Å²) in [6.45, 7) is 4.90. The molecule has 0 aromatic heterocycles. The maximum atomic E-state index is 5.40. The molecule has 1 aliphatic heterocycles. The van der Waals surface area contributed by atoms with E-state index >= 15 is 0 Å². The van der Waals surface area contributed by atoms with Crippen molar-refractivity contribution in [2.45, 2.75) is 39.1 Å². The van der Waals surface area contributed by atoms with Crippen LogP contribution in [0.25, 0.3) is 0 Å². The molecule has 0 aliphatic carbocycles. The predicted octanol–water partition coefficient (Wildman–Crippen LogP) is 2.10. The summed E-state index contributed by atoms with van der Waals surface area (Å²) in [4.78, 5) is 0. The van der Waals surface area contributed by atoms with Crippen LogP contribution < -0.4 is 0 Å². The molecule has 1 saturated heterocycles. The minimum Gasteiger partial charge on any atom is -0.346 e. The first-order chi connectivity index (χ1) is 5.33. The molecule has 0 amide bonds. The van der Waals surface area contributed by atoms with Crippen LogP contribution in [0.4, 0.5) is 0 Å². The summed E-state index contributed by atoms with van der Waals surface area (Å²) >= 11 is 0. The zero-order valence-corrected chi connectivity index (χ0v) is 7.25. The smallest absolute Gasteiger partial charge is 0.177 e. The second-order valence-electron chi connectivity index (χ2n) is 2.87.